The van der Waals surface area contributed by atoms with Crippen LogP contribution in [0.5, 0.6) is 11.5 Å². The minimum atomic E-state index is -0.436. The number of esters is 1. The van der Waals surface area contributed by atoms with Gasteiger partial charge in [0.1, 0.15) is 0 Å². The van der Waals surface area contributed by atoms with Crippen molar-refractivity contribution in [3.63, 3.8) is 0 Å². The SMILES string of the molecule is COC(=O)/C=C/C#Cc1cc2c(cc1Br)OCO2. The molecule has 2 rings (SSSR count). The van der Waals surface area contributed by atoms with Crippen LogP contribution in [0.4, 0.5) is 0 Å². The molecule has 0 aliphatic carbocycles. The van der Waals surface area contributed by atoms with Crippen LogP contribution in [-0.4, -0.2) is 19.9 Å². The molecule has 0 amide bonds. The molecule has 1 heterocycles. The van der Waals surface area contributed by atoms with Gasteiger partial charge in [-0.1, -0.05) is 11.8 Å². The van der Waals surface area contributed by atoms with Gasteiger partial charge in [-0.2, -0.15) is 0 Å². The third kappa shape index (κ3) is 2.84. The number of carbonyl (C=O) groups excluding carboxylic acids is 1. The Bertz CT molecular complexity index is 566. The Morgan fingerprint density at radius 2 is 2.17 bits per heavy atom. The molecule has 4 nitrogen and oxygen atoms in total. The van der Waals surface area contributed by atoms with Crippen molar-refractivity contribution < 1.29 is 19.0 Å². The van der Waals surface area contributed by atoms with Crippen LogP contribution in [-0.2, 0) is 9.53 Å². The van der Waals surface area contributed by atoms with E-state index in [1.54, 1.807) is 12.1 Å². The van der Waals surface area contributed by atoms with E-state index >= 15 is 0 Å². The molecule has 0 fully saturated rings. The molecule has 92 valence electrons. The Morgan fingerprint density at radius 3 is 2.89 bits per heavy atom. The van der Waals surface area contributed by atoms with Crippen molar-refractivity contribution in [2.75, 3.05) is 13.9 Å². The molecule has 0 saturated carbocycles. The lowest BCUT2D eigenvalue weighted by Gasteiger charge is -1.99. The molecule has 18 heavy (non-hydrogen) atoms. The van der Waals surface area contributed by atoms with Crippen molar-refractivity contribution >= 4 is 21.9 Å². The average molecular weight is 309 g/mol. The van der Waals surface area contributed by atoms with E-state index in [1.165, 1.54) is 19.3 Å². The summed E-state index contributed by atoms with van der Waals surface area (Å²) < 4.78 is 15.7. The Balaban J connectivity index is 2.17. The standard InChI is InChI=1S/C13H9BrO4/c1-16-13(15)5-3-2-4-9-6-11-12(7-10(9)14)18-8-17-11/h3,5-7H,8H2,1H3/b5-3+. The number of fused-ring (bicyclic) bond motifs is 1. The maximum atomic E-state index is 10.8. The fourth-order valence-electron chi connectivity index (χ4n) is 1.31. The highest BCUT2D eigenvalue weighted by Crippen LogP contribution is 2.36. The molecule has 1 aliphatic heterocycles. The van der Waals surface area contributed by atoms with E-state index in [1.807, 2.05) is 0 Å². The van der Waals surface area contributed by atoms with Gasteiger partial charge in [0.25, 0.3) is 0 Å². The van der Waals surface area contributed by atoms with Gasteiger partial charge in [0, 0.05) is 22.2 Å². The van der Waals surface area contributed by atoms with E-state index in [9.17, 15) is 4.79 Å². The molecule has 0 spiro atoms. The van der Waals surface area contributed by atoms with E-state index in [4.69, 9.17) is 9.47 Å². The number of carbonyl (C=O) groups is 1. The average Bonchev–Trinajstić information content (AvgIpc) is 2.81. The summed E-state index contributed by atoms with van der Waals surface area (Å²) in [4.78, 5) is 10.8. The number of benzene rings is 1. The third-order valence-electron chi connectivity index (χ3n) is 2.17. The lowest BCUT2D eigenvalue weighted by molar-refractivity contribution is -0.134. The maximum Gasteiger partial charge on any atom is 0.331 e. The van der Waals surface area contributed by atoms with Gasteiger partial charge in [-0.3, -0.25) is 0 Å². The van der Waals surface area contributed by atoms with Crippen molar-refractivity contribution in [3.05, 3.63) is 34.3 Å². The lowest BCUT2D eigenvalue weighted by Crippen LogP contribution is -1.92. The van der Waals surface area contributed by atoms with Crippen LogP contribution < -0.4 is 9.47 Å². The molecule has 0 radical (unpaired) electrons. The van der Waals surface area contributed by atoms with Crippen LogP contribution in [0.3, 0.4) is 0 Å². The summed E-state index contributed by atoms with van der Waals surface area (Å²) in [6.07, 6.45) is 2.69. The third-order valence-corrected chi connectivity index (χ3v) is 2.83. The van der Waals surface area contributed by atoms with Gasteiger partial charge in [0.05, 0.1) is 7.11 Å². The van der Waals surface area contributed by atoms with E-state index in [0.29, 0.717) is 11.5 Å². The fraction of sp³-hybridized carbons (Fsp3) is 0.154. The monoisotopic (exact) mass is 308 g/mol. The van der Waals surface area contributed by atoms with Gasteiger partial charge in [-0.05, 0) is 28.1 Å². The molecule has 0 aromatic heterocycles. The van der Waals surface area contributed by atoms with Crippen LogP contribution in [0.25, 0.3) is 0 Å². The number of ether oxygens (including phenoxy) is 3. The zero-order valence-electron chi connectivity index (χ0n) is 9.53. The smallest absolute Gasteiger partial charge is 0.331 e. The first-order valence-electron chi connectivity index (χ1n) is 5.06. The maximum absolute atomic E-state index is 10.8. The number of allylic oxidation sites excluding steroid dienone is 1. The highest BCUT2D eigenvalue weighted by Gasteiger charge is 2.15. The van der Waals surface area contributed by atoms with Gasteiger partial charge in [0.15, 0.2) is 11.5 Å². The molecular formula is C13H9BrO4. The highest BCUT2D eigenvalue weighted by molar-refractivity contribution is 9.10. The molecule has 0 bridgehead atoms. The van der Waals surface area contributed by atoms with Crippen LogP contribution in [0.1, 0.15) is 5.56 Å². The molecule has 1 aliphatic rings. The molecule has 0 saturated heterocycles. The molecule has 5 heteroatoms. The predicted octanol–water partition coefficient (Wildman–Crippen LogP) is 2.26. The summed E-state index contributed by atoms with van der Waals surface area (Å²) in [5, 5.41) is 0. The second kappa shape index (κ2) is 5.61. The van der Waals surface area contributed by atoms with E-state index in [-0.39, 0.29) is 6.79 Å². The fourth-order valence-corrected chi connectivity index (χ4v) is 1.73. The summed E-state index contributed by atoms with van der Waals surface area (Å²) in [6.45, 7) is 0.223. The highest BCUT2D eigenvalue weighted by atomic mass is 79.9. The van der Waals surface area contributed by atoms with Crippen molar-refractivity contribution in [1.29, 1.82) is 0 Å². The summed E-state index contributed by atoms with van der Waals surface area (Å²) in [5.74, 6) is 6.56. The van der Waals surface area contributed by atoms with Crippen LogP contribution in [0.2, 0.25) is 0 Å². The van der Waals surface area contributed by atoms with E-state index in [0.717, 1.165) is 10.0 Å². The molecule has 0 N–H and O–H groups in total. The van der Waals surface area contributed by atoms with Gasteiger partial charge < -0.3 is 14.2 Å². The Morgan fingerprint density at radius 1 is 1.44 bits per heavy atom. The van der Waals surface area contributed by atoms with Crippen molar-refractivity contribution in [1.82, 2.24) is 0 Å². The van der Waals surface area contributed by atoms with Crippen molar-refractivity contribution in [3.8, 4) is 23.3 Å². The normalized spacial score (nSPS) is 12.1. The van der Waals surface area contributed by atoms with Gasteiger partial charge in [0.2, 0.25) is 6.79 Å². The largest absolute Gasteiger partial charge is 0.466 e. The van der Waals surface area contributed by atoms with Gasteiger partial charge >= 0.3 is 5.97 Å². The second-order valence-corrected chi connectivity index (χ2v) is 4.17. The van der Waals surface area contributed by atoms with Crippen LogP contribution in [0.15, 0.2) is 28.8 Å². The number of rotatable bonds is 1. The summed E-state index contributed by atoms with van der Waals surface area (Å²) >= 11 is 3.39. The predicted molar refractivity (Wildman–Crippen MR) is 68.3 cm³/mol. The van der Waals surface area contributed by atoms with Crippen molar-refractivity contribution in [2.24, 2.45) is 0 Å². The van der Waals surface area contributed by atoms with E-state index < -0.39 is 5.97 Å². The second-order valence-electron chi connectivity index (χ2n) is 3.31. The number of hydrogen-bond donors (Lipinski definition) is 0. The summed E-state index contributed by atoms with van der Waals surface area (Å²) in [6, 6.07) is 3.59. The Kier molecular flexibility index (Phi) is 3.90. The molecule has 0 unspecified atom stereocenters. The van der Waals surface area contributed by atoms with E-state index in [2.05, 4.69) is 32.5 Å². The minimum Gasteiger partial charge on any atom is -0.466 e. The van der Waals surface area contributed by atoms with Gasteiger partial charge in [-0.25, -0.2) is 4.79 Å². The quantitative estimate of drug-likeness (QED) is 0.453. The number of hydrogen-bond acceptors (Lipinski definition) is 4. The van der Waals surface area contributed by atoms with Gasteiger partial charge in [-0.15, -0.1) is 0 Å². The Hall–Kier alpha value is -1.93. The number of halogens is 1. The molecule has 1 aromatic carbocycles. The van der Waals surface area contributed by atoms with Crippen LogP contribution in [0, 0.1) is 11.8 Å². The lowest BCUT2D eigenvalue weighted by atomic mass is 10.2. The zero-order valence-corrected chi connectivity index (χ0v) is 11.1. The van der Waals surface area contributed by atoms with Crippen molar-refractivity contribution in [2.45, 2.75) is 0 Å². The summed E-state index contributed by atoms with van der Waals surface area (Å²) in [7, 11) is 1.31. The first-order valence-corrected chi connectivity index (χ1v) is 5.85. The first-order chi connectivity index (χ1) is 8.70. The molecule has 1 aromatic rings. The number of methoxy groups -OCH3 is 1. The first kappa shape index (κ1) is 12.5. The zero-order chi connectivity index (χ0) is 13.0. The molecular weight excluding hydrogens is 300 g/mol. The van der Waals surface area contributed by atoms with Crippen LogP contribution >= 0.6 is 15.9 Å². The Labute approximate surface area is 113 Å². The molecule has 0 atom stereocenters. The summed E-state index contributed by atoms with van der Waals surface area (Å²) in [5.41, 5.74) is 0.758. The topological polar surface area (TPSA) is 44.8 Å². The minimum absolute atomic E-state index is 0.223.